The van der Waals surface area contributed by atoms with Gasteiger partial charge >= 0.3 is 0 Å². The van der Waals surface area contributed by atoms with Gasteiger partial charge in [0.05, 0.1) is 18.6 Å². The van der Waals surface area contributed by atoms with Gasteiger partial charge < -0.3 is 14.0 Å². The lowest BCUT2D eigenvalue weighted by molar-refractivity contribution is -0.880. The van der Waals surface area contributed by atoms with Gasteiger partial charge in [-0.3, -0.25) is 0 Å². The van der Waals surface area contributed by atoms with Crippen molar-refractivity contribution in [2.24, 2.45) is 0 Å². The van der Waals surface area contributed by atoms with Gasteiger partial charge in [-0.25, -0.2) is 0 Å². The van der Waals surface area contributed by atoms with E-state index in [9.17, 15) is 9.79 Å². The van der Waals surface area contributed by atoms with Crippen molar-refractivity contribution >= 4 is 8.53 Å². The molecule has 0 unspecified atom stereocenters. The Hall–Kier alpha value is 0.310. The Labute approximate surface area is 76.6 Å². The summed E-state index contributed by atoms with van der Waals surface area (Å²) >= 11 is 0. The Morgan fingerprint density at radius 3 is 1.42 bits per heavy atom. The van der Waals surface area contributed by atoms with Gasteiger partial charge in [0.15, 0.2) is 0 Å². The lowest BCUT2D eigenvalue weighted by Gasteiger charge is -2.57. The molecule has 0 saturated carbocycles. The van der Waals surface area contributed by atoms with E-state index in [2.05, 4.69) is 0 Å². The third-order valence-electron chi connectivity index (χ3n) is 2.60. The van der Waals surface area contributed by atoms with Crippen LogP contribution >= 0.6 is 8.53 Å². The van der Waals surface area contributed by atoms with Crippen LogP contribution in [0.1, 0.15) is 34.6 Å². The van der Waals surface area contributed by atoms with Crippen LogP contribution < -0.4 is 9.79 Å². The maximum absolute atomic E-state index is 11.1. The van der Waals surface area contributed by atoms with E-state index in [0.29, 0.717) is 6.54 Å². The van der Waals surface area contributed by atoms with E-state index in [0.717, 1.165) is 0 Å². The Kier molecular flexibility index (Phi) is 4.64. The standard InChI is InChI=1S/C8H19NO2P/c1-6-9(7(2)3,8(4)5)12(10)11/h7-8H,6H2,1-5H3/q-1. The predicted octanol–water partition coefficient (Wildman–Crippen LogP) is 0.587. The first-order chi connectivity index (χ1) is 5.39. The third kappa shape index (κ3) is 1.97. The average molecular weight is 192 g/mol. The van der Waals surface area contributed by atoms with Crippen molar-refractivity contribution in [2.75, 3.05) is 6.54 Å². The Balaban J connectivity index is 4.77. The summed E-state index contributed by atoms with van der Waals surface area (Å²) in [5.41, 5.74) is 0. The molecule has 0 N–H and O–H groups in total. The smallest absolute Gasteiger partial charge is 0.0828 e. The van der Waals surface area contributed by atoms with Gasteiger partial charge in [0.25, 0.3) is 0 Å². The van der Waals surface area contributed by atoms with E-state index >= 15 is 0 Å². The summed E-state index contributed by atoms with van der Waals surface area (Å²) in [6.07, 6.45) is 0. The van der Waals surface area contributed by atoms with E-state index in [4.69, 9.17) is 0 Å². The molecule has 0 heterocycles. The molecule has 0 aromatic carbocycles. The Morgan fingerprint density at radius 2 is 1.42 bits per heavy atom. The van der Waals surface area contributed by atoms with Crippen molar-refractivity contribution in [3.8, 4) is 0 Å². The predicted molar refractivity (Wildman–Crippen MR) is 48.0 cm³/mol. The van der Waals surface area contributed by atoms with Crippen molar-refractivity contribution in [2.45, 2.75) is 46.7 Å². The van der Waals surface area contributed by atoms with E-state index < -0.39 is 8.53 Å². The lowest BCUT2D eigenvalue weighted by atomic mass is 10.2. The Morgan fingerprint density at radius 1 is 1.08 bits per heavy atom. The Bertz CT molecular complexity index is 115. The summed E-state index contributed by atoms with van der Waals surface area (Å²) < 4.78 is 0.190. The fourth-order valence-corrected chi connectivity index (χ4v) is 2.80. The fraction of sp³-hybridized carbons (Fsp3) is 1.00. The number of quaternary nitrogens is 1. The summed E-state index contributed by atoms with van der Waals surface area (Å²) in [6, 6.07) is 0.271. The third-order valence-corrected chi connectivity index (χ3v) is 4.41. The first-order valence-electron chi connectivity index (χ1n) is 4.41. The zero-order chi connectivity index (χ0) is 9.94. The number of hydrogen-bond acceptors (Lipinski definition) is 2. The quantitative estimate of drug-likeness (QED) is 0.612. The first kappa shape index (κ1) is 12.3. The molecule has 0 rings (SSSR count). The fourth-order valence-electron chi connectivity index (χ4n) is 1.82. The number of rotatable bonds is 4. The first-order valence-corrected chi connectivity index (χ1v) is 5.54. The highest BCUT2D eigenvalue weighted by Crippen LogP contribution is 2.38. The zero-order valence-electron chi connectivity index (χ0n) is 8.57. The van der Waals surface area contributed by atoms with Crippen LogP contribution in [0.3, 0.4) is 0 Å². The molecule has 0 fully saturated rings. The second-order valence-corrected chi connectivity index (χ2v) is 4.85. The van der Waals surface area contributed by atoms with Crippen LogP contribution in [0.15, 0.2) is 0 Å². The maximum Gasteiger partial charge on any atom is 0.0828 e. The highest BCUT2D eigenvalue weighted by atomic mass is 31.2. The normalized spacial score (nSPS) is 13.5. The molecule has 74 valence electrons. The van der Waals surface area contributed by atoms with Crippen molar-refractivity contribution in [3.05, 3.63) is 0 Å². The van der Waals surface area contributed by atoms with Gasteiger partial charge in [0, 0.05) is 0 Å². The SMILES string of the molecule is CC[N+](C(C)C)(C(C)C)P([O-])[O-]. The van der Waals surface area contributed by atoms with Gasteiger partial charge in [-0.05, 0) is 34.6 Å². The number of nitrogens with zero attached hydrogens (tertiary/aromatic N) is 1. The molecule has 0 saturated heterocycles. The van der Waals surface area contributed by atoms with E-state index in [1.165, 1.54) is 0 Å². The molecule has 0 bridgehead atoms. The summed E-state index contributed by atoms with van der Waals surface area (Å²) in [7, 11) is -2.39. The van der Waals surface area contributed by atoms with E-state index in [1.807, 2.05) is 34.6 Å². The van der Waals surface area contributed by atoms with Crippen LogP contribution in [0.5, 0.6) is 0 Å². The van der Waals surface area contributed by atoms with Crippen molar-refractivity contribution in [3.63, 3.8) is 0 Å². The summed E-state index contributed by atoms with van der Waals surface area (Å²) in [6.45, 7) is 10.4. The van der Waals surface area contributed by atoms with Crippen LogP contribution in [0.2, 0.25) is 0 Å². The molecule has 0 aliphatic heterocycles. The van der Waals surface area contributed by atoms with E-state index in [-0.39, 0.29) is 16.3 Å². The molecule has 0 atom stereocenters. The average Bonchev–Trinajstić information content (AvgIpc) is 1.86. The monoisotopic (exact) mass is 192 g/mol. The second kappa shape index (κ2) is 4.52. The summed E-state index contributed by atoms with van der Waals surface area (Å²) in [5, 5.41) is 0. The summed E-state index contributed by atoms with van der Waals surface area (Å²) in [5.74, 6) is 0. The molecule has 12 heavy (non-hydrogen) atoms. The molecule has 0 aliphatic carbocycles. The zero-order valence-corrected chi connectivity index (χ0v) is 9.47. The van der Waals surface area contributed by atoms with Gasteiger partial charge in [0.1, 0.15) is 0 Å². The minimum atomic E-state index is -2.39. The minimum Gasteiger partial charge on any atom is -0.794 e. The van der Waals surface area contributed by atoms with Gasteiger partial charge in [0.2, 0.25) is 0 Å². The molecule has 0 aliphatic rings. The minimum absolute atomic E-state index is 0.135. The lowest BCUT2D eigenvalue weighted by Crippen LogP contribution is -2.57. The van der Waals surface area contributed by atoms with Gasteiger partial charge in [-0.1, -0.05) is 8.53 Å². The van der Waals surface area contributed by atoms with Crippen LogP contribution in [0.25, 0.3) is 0 Å². The molecule has 3 nitrogen and oxygen atoms in total. The van der Waals surface area contributed by atoms with Crippen LogP contribution in [-0.4, -0.2) is 22.9 Å². The number of hydrogen-bond donors (Lipinski definition) is 0. The van der Waals surface area contributed by atoms with Crippen molar-refractivity contribution in [1.29, 1.82) is 0 Å². The molecule has 0 aromatic heterocycles. The highest BCUT2D eigenvalue weighted by molar-refractivity contribution is 7.35. The molecular weight excluding hydrogens is 173 g/mol. The topological polar surface area (TPSA) is 46.1 Å². The highest BCUT2D eigenvalue weighted by Gasteiger charge is 2.30. The molecule has 0 aromatic rings. The molecule has 0 radical (unpaired) electrons. The molecule has 4 heteroatoms. The van der Waals surface area contributed by atoms with Crippen LogP contribution in [-0.2, 0) is 0 Å². The van der Waals surface area contributed by atoms with E-state index in [1.54, 1.807) is 0 Å². The van der Waals surface area contributed by atoms with Crippen molar-refractivity contribution < 1.29 is 14.0 Å². The second-order valence-electron chi connectivity index (χ2n) is 3.63. The molecule has 0 spiro atoms. The summed E-state index contributed by atoms with van der Waals surface area (Å²) in [4.78, 5) is 22.3. The van der Waals surface area contributed by atoms with Crippen LogP contribution in [0, 0.1) is 0 Å². The molecule has 0 amide bonds. The molecular formula is C8H19NO2P-. The van der Waals surface area contributed by atoms with Crippen LogP contribution in [0.4, 0.5) is 0 Å². The largest absolute Gasteiger partial charge is 0.794 e. The van der Waals surface area contributed by atoms with Crippen molar-refractivity contribution in [1.82, 2.24) is 0 Å². The van der Waals surface area contributed by atoms with Gasteiger partial charge in [-0.2, -0.15) is 0 Å². The van der Waals surface area contributed by atoms with Gasteiger partial charge in [-0.15, -0.1) is 0 Å². The maximum atomic E-state index is 11.1.